The van der Waals surface area contributed by atoms with E-state index < -0.39 is 0 Å². The third kappa shape index (κ3) is 3.16. The number of likely N-dealkylation sites (N-methyl/N-ethyl adjacent to an activating group) is 1. The van der Waals surface area contributed by atoms with Gasteiger partial charge in [-0.2, -0.15) is 0 Å². The summed E-state index contributed by atoms with van der Waals surface area (Å²) in [6.45, 7) is 2.69. The highest BCUT2D eigenvalue weighted by Crippen LogP contribution is 2.19. The van der Waals surface area contributed by atoms with E-state index in [2.05, 4.69) is 4.98 Å². The smallest absolute Gasteiger partial charge is 0.221 e. The number of para-hydroxylation sites is 1. The first-order valence-corrected chi connectivity index (χ1v) is 8.11. The minimum absolute atomic E-state index is 0.145. The lowest BCUT2D eigenvalue weighted by atomic mass is 10.0. The Balaban J connectivity index is 1.80. The zero-order chi connectivity index (χ0) is 16.4. The number of aromatic amines is 1. The lowest BCUT2D eigenvalue weighted by Gasteiger charge is -2.21. The third-order valence-corrected chi connectivity index (χ3v) is 4.78. The van der Waals surface area contributed by atoms with E-state index in [4.69, 9.17) is 11.6 Å². The van der Waals surface area contributed by atoms with Gasteiger partial charge in [-0.15, -0.1) is 0 Å². The number of carbonyl (C=O) groups is 1. The number of hydrogen-bond acceptors (Lipinski definition) is 1. The topological polar surface area (TPSA) is 37.3 Å². The Morgan fingerprint density at radius 2 is 1.87 bits per heavy atom. The highest BCUT2D eigenvalue weighted by Gasteiger charge is 2.25. The molecule has 1 heterocycles. The van der Waals surface area contributed by atoms with Gasteiger partial charge in [-0.3, -0.25) is 4.79 Å². The van der Waals surface area contributed by atoms with Crippen molar-refractivity contribution in [2.24, 2.45) is 0 Å². The van der Waals surface area contributed by atoms with Crippen molar-refractivity contribution >= 4 is 28.3 Å². The molecule has 0 aliphatic carbocycles. The number of benzene rings is 2. The summed E-state index contributed by atoms with van der Waals surface area (Å²) < 4.78 is 0. The monoisotopic (exact) mass is 327 g/mol. The van der Waals surface area contributed by atoms with Crippen molar-refractivity contribution in [3.8, 4) is 0 Å². The van der Waals surface area contributed by atoms with Gasteiger partial charge in [0.15, 0.2) is 0 Å². The van der Waals surface area contributed by atoms with Crippen molar-refractivity contribution in [3.63, 3.8) is 0 Å². The van der Waals surface area contributed by atoms with Crippen LogP contribution in [0.5, 0.6) is 0 Å². The van der Waals surface area contributed by atoms with Crippen LogP contribution in [0.1, 0.15) is 22.8 Å². The Morgan fingerprint density at radius 1 is 1.17 bits per heavy atom. The largest absolute Gasteiger partial charge is 0.360 e. The summed E-state index contributed by atoms with van der Waals surface area (Å²) in [6, 6.07) is 15.5. The zero-order valence-electron chi connectivity index (χ0n) is 13.3. The highest BCUT2D eigenvalue weighted by molar-refractivity contribution is 6.31. The molecule has 1 unspecified atom stereocenters. The predicted molar refractivity (Wildman–Crippen MR) is 94.1 cm³/mol. The maximum absolute atomic E-state index is 12.9. The SMILES string of the molecule is C[C@@H](C(=O)c1c[nH]c2ccccc12)[NH+](C)Cc1ccccc1Cl. The summed E-state index contributed by atoms with van der Waals surface area (Å²) in [4.78, 5) is 17.2. The number of ketones is 1. The summed E-state index contributed by atoms with van der Waals surface area (Å²) in [6.07, 6.45) is 1.81. The number of carbonyl (C=O) groups excluding carboxylic acids is 1. The van der Waals surface area contributed by atoms with Crippen molar-refractivity contribution < 1.29 is 9.69 Å². The number of rotatable bonds is 5. The van der Waals surface area contributed by atoms with E-state index in [9.17, 15) is 4.79 Å². The van der Waals surface area contributed by atoms with Gasteiger partial charge >= 0.3 is 0 Å². The number of quaternary nitrogens is 1. The molecule has 0 aliphatic heterocycles. The van der Waals surface area contributed by atoms with Gasteiger partial charge in [0.05, 0.1) is 7.05 Å². The van der Waals surface area contributed by atoms with Crippen LogP contribution in [0.15, 0.2) is 54.7 Å². The molecule has 118 valence electrons. The van der Waals surface area contributed by atoms with E-state index >= 15 is 0 Å². The molecule has 4 heteroatoms. The summed E-state index contributed by atoms with van der Waals surface area (Å²) in [5.41, 5.74) is 2.81. The van der Waals surface area contributed by atoms with E-state index in [0.29, 0.717) is 0 Å². The van der Waals surface area contributed by atoms with Gasteiger partial charge in [-0.05, 0) is 19.1 Å². The van der Waals surface area contributed by atoms with E-state index in [1.165, 1.54) is 0 Å². The van der Waals surface area contributed by atoms with Crippen LogP contribution in [0, 0.1) is 0 Å². The minimum atomic E-state index is -0.148. The normalized spacial score (nSPS) is 13.9. The molecule has 0 radical (unpaired) electrons. The maximum atomic E-state index is 12.9. The second kappa shape index (κ2) is 6.57. The van der Waals surface area contributed by atoms with Crippen LogP contribution in [0.3, 0.4) is 0 Å². The average molecular weight is 328 g/mol. The third-order valence-electron chi connectivity index (χ3n) is 4.41. The van der Waals surface area contributed by atoms with Crippen LogP contribution in [0.25, 0.3) is 10.9 Å². The lowest BCUT2D eigenvalue weighted by Crippen LogP contribution is -3.12. The molecule has 1 aromatic heterocycles. The van der Waals surface area contributed by atoms with Gasteiger partial charge < -0.3 is 9.88 Å². The number of hydrogen-bond donors (Lipinski definition) is 2. The number of H-pyrrole nitrogens is 1. The van der Waals surface area contributed by atoms with Crippen LogP contribution in [0.2, 0.25) is 5.02 Å². The molecule has 0 amide bonds. The first-order valence-electron chi connectivity index (χ1n) is 7.74. The van der Waals surface area contributed by atoms with Crippen molar-refractivity contribution in [1.29, 1.82) is 0 Å². The predicted octanol–water partition coefficient (Wildman–Crippen LogP) is 3.11. The Morgan fingerprint density at radius 3 is 2.65 bits per heavy atom. The zero-order valence-corrected chi connectivity index (χ0v) is 14.0. The van der Waals surface area contributed by atoms with Crippen LogP contribution < -0.4 is 4.90 Å². The van der Waals surface area contributed by atoms with Crippen LogP contribution in [-0.4, -0.2) is 23.9 Å². The summed E-state index contributed by atoms with van der Waals surface area (Å²) in [5.74, 6) is 0.145. The van der Waals surface area contributed by atoms with Crippen molar-refractivity contribution in [2.45, 2.75) is 19.5 Å². The molecule has 0 spiro atoms. The summed E-state index contributed by atoms with van der Waals surface area (Å²) >= 11 is 6.23. The Labute approximate surface area is 140 Å². The molecule has 0 saturated heterocycles. The molecule has 2 N–H and O–H groups in total. The summed E-state index contributed by atoms with van der Waals surface area (Å²) in [7, 11) is 2.03. The first kappa shape index (κ1) is 15.8. The van der Waals surface area contributed by atoms with Crippen LogP contribution in [0.4, 0.5) is 0 Å². The number of Topliss-reactive ketones (excluding diaryl/α,β-unsaturated/α-hetero) is 1. The lowest BCUT2D eigenvalue weighted by molar-refractivity contribution is -0.907. The molecule has 0 aliphatic rings. The van der Waals surface area contributed by atoms with Crippen molar-refractivity contribution in [3.05, 3.63) is 70.9 Å². The molecule has 2 aromatic carbocycles. The van der Waals surface area contributed by atoms with E-state index in [1.807, 2.05) is 68.7 Å². The fourth-order valence-electron chi connectivity index (χ4n) is 2.83. The first-order chi connectivity index (χ1) is 11.1. The highest BCUT2D eigenvalue weighted by atomic mass is 35.5. The van der Waals surface area contributed by atoms with Crippen LogP contribution in [-0.2, 0) is 6.54 Å². The summed E-state index contributed by atoms with van der Waals surface area (Å²) in [5, 5.41) is 1.73. The number of aromatic nitrogens is 1. The molecule has 0 saturated carbocycles. The van der Waals surface area contributed by atoms with Gasteiger partial charge in [0.1, 0.15) is 12.6 Å². The maximum Gasteiger partial charge on any atom is 0.221 e. The van der Waals surface area contributed by atoms with E-state index in [1.54, 1.807) is 0 Å². The standard InChI is InChI=1S/C19H19ClN2O/c1-13(22(2)12-14-7-3-5-9-17(14)20)19(23)16-11-21-18-10-6-4-8-15(16)18/h3-11,13,21H,12H2,1-2H3/p+1/t13-/m0/s1. The molecule has 23 heavy (non-hydrogen) atoms. The van der Waals surface area contributed by atoms with Gasteiger partial charge in [0.2, 0.25) is 5.78 Å². The van der Waals surface area contributed by atoms with E-state index in [0.717, 1.165) is 38.5 Å². The molecule has 0 bridgehead atoms. The molecule has 3 rings (SSSR count). The van der Waals surface area contributed by atoms with Crippen molar-refractivity contribution in [2.75, 3.05) is 7.05 Å². The molecular weight excluding hydrogens is 308 g/mol. The van der Waals surface area contributed by atoms with E-state index in [-0.39, 0.29) is 11.8 Å². The second-order valence-corrected chi connectivity index (χ2v) is 6.36. The molecule has 3 aromatic rings. The Hall–Kier alpha value is -2.10. The molecule has 3 nitrogen and oxygen atoms in total. The minimum Gasteiger partial charge on any atom is -0.360 e. The fraction of sp³-hybridized carbons (Fsp3) is 0.211. The fourth-order valence-corrected chi connectivity index (χ4v) is 3.03. The number of nitrogens with one attached hydrogen (secondary N) is 2. The second-order valence-electron chi connectivity index (χ2n) is 5.95. The average Bonchev–Trinajstić information content (AvgIpc) is 2.99. The Kier molecular flexibility index (Phi) is 4.51. The molecule has 2 atom stereocenters. The van der Waals surface area contributed by atoms with Crippen molar-refractivity contribution in [1.82, 2.24) is 4.98 Å². The quantitative estimate of drug-likeness (QED) is 0.694. The van der Waals surface area contributed by atoms with Gasteiger partial charge in [-0.25, -0.2) is 0 Å². The number of fused-ring (bicyclic) bond motifs is 1. The molecular formula is C19H20ClN2O+. The van der Waals surface area contributed by atoms with Gasteiger partial charge in [0.25, 0.3) is 0 Å². The van der Waals surface area contributed by atoms with Crippen LogP contribution >= 0.6 is 11.6 Å². The Bertz CT molecular complexity index is 840. The number of halogens is 1. The van der Waals surface area contributed by atoms with Gasteiger partial charge in [-0.1, -0.05) is 48.0 Å². The molecule has 0 fully saturated rings. The van der Waals surface area contributed by atoms with Gasteiger partial charge in [0, 0.05) is 33.2 Å².